The molecule has 0 radical (unpaired) electrons. The molecule has 0 aromatic rings. The molecule has 6 heteroatoms. The van der Waals surface area contributed by atoms with E-state index >= 15 is 0 Å². The van der Waals surface area contributed by atoms with E-state index in [1.165, 1.54) is 0 Å². The van der Waals surface area contributed by atoms with Gasteiger partial charge in [-0.15, -0.1) is 0 Å². The number of carbonyl (C=O) groups is 2. The predicted octanol–water partition coefficient (Wildman–Crippen LogP) is 3.87. The van der Waals surface area contributed by atoms with Crippen molar-refractivity contribution >= 4 is 24.5 Å². The first kappa shape index (κ1) is 26.6. The highest BCUT2D eigenvalue weighted by Gasteiger charge is 2.33. The molecule has 3 atom stereocenters. The molecular weight excluding hydrogens is 336 g/mol. The zero-order valence-electron chi connectivity index (χ0n) is 17.5. The number of carbonyl (C=O) groups excluding carboxylic acids is 2. The van der Waals surface area contributed by atoms with Crippen LogP contribution in [0.3, 0.4) is 0 Å². The Balaban J connectivity index is 0. The van der Waals surface area contributed by atoms with Crippen LogP contribution in [0, 0.1) is 5.92 Å². The lowest BCUT2D eigenvalue weighted by Gasteiger charge is -2.36. The lowest BCUT2D eigenvalue weighted by atomic mass is 9.96. The third-order valence-electron chi connectivity index (χ3n) is 4.19. The van der Waals surface area contributed by atoms with Gasteiger partial charge < -0.3 is 9.64 Å². The minimum absolute atomic E-state index is 0.0153. The third-order valence-corrected chi connectivity index (χ3v) is 4.47. The standard InChI is InChI=1S/C17H34N2O3S.C2H6/c1-7-9-13(20)11-15(22-6)14(10-8-2)19(5)17(21)16(18-23)12(3)4;1-2/h12,14-16,18,23H,7-11H2,1-6H3;1-2H3. The largest absolute Gasteiger partial charge is 0.379 e. The quantitative estimate of drug-likeness (QED) is 0.508. The summed E-state index contributed by atoms with van der Waals surface area (Å²) in [4.78, 5) is 26.5. The van der Waals surface area contributed by atoms with E-state index < -0.39 is 0 Å². The molecule has 0 saturated heterocycles. The summed E-state index contributed by atoms with van der Waals surface area (Å²) < 4.78 is 8.37. The van der Waals surface area contributed by atoms with Gasteiger partial charge in [0.25, 0.3) is 0 Å². The first-order valence-electron chi connectivity index (χ1n) is 9.54. The fourth-order valence-corrected chi connectivity index (χ4v) is 3.19. The Bertz CT molecular complexity index is 365. The van der Waals surface area contributed by atoms with Crippen molar-refractivity contribution in [2.24, 2.45) is 5.92 Å². The minimum atomic E-state index is -0.355. The van der Waals surface area contributed by atoms with Crippen LogP contribution in [0.1, 0.15) is 73.6 Å². The van der Waals surface area contributed by atoms with Crippen LogP contribution in [-0.2, 0) is 14.3 Å². The maximum Gasteiger partial charge on any atom is 0.240 e. The summed E-state index contributed by atoms with van der Waals surface area (Å²) in [6.45, 7) is 12.0. The molecule has 0 aliphatic rings. The number of likely N-dealkylation sites (N-methyl/N-ethyl adjacent to an activating group) is 1. The van der Waals surface area contributed by atoms with Gasteiger partial charge >= 0.3 is 0 Å². The van der Waals surface area contributed by atoms with Gasteiger partial charge in [-0.25, -0.2) is 0 Å². The molecule has 0 aliphatic heterocycles. The molecule has 0 aromatic heterocycles. The molecule has 0 fully saturated rings. The Morgan fingerprint density at radius 3 is 2.08 bits per heavy atom. The molecule has 1 amide bonds. The first-order valence-corrected chi connectivity index (χ1v) is 9.99. The normalized spacial score (nSPS) is 14.3. The van der Waals surface area contributed by atoms with Gasteiger partial charge in [0.1, 0.15) is 5.78 Å². The third kappa shape index (κ3) is 9.61. The average Bonchev–Trinajstić information content (AvgIpc) is 2.59. The molecule has 150 valence electrons. The number of Topliss-reactive ketones (excluding diaryl/α,β-unsaturated/α-hetero) is 1. The van der Waals surface area contributed by atoms with Crippen molar-refractivity contribution in [2.45, 2.75) is 91.8 Å². The predicted molar refractivity (Wildman–Crippen MR) is 109 cm³/mol. The molecule has 25 heavy (non-hydrogen) atoms. The molecule has 0 spiro atoms. The summed E-state index contributed by atoms with van der Waals surface area (Å²) in [7, 11) is 3.40. The van der Waals surface area contributed by atoms with E-state index in [-0.39, 0.29) is 35.8 Å². The molecule has 0 aromatic carbocycles. The van der Waals surface area contributed by atoms with Crippen molar-refractivity contribution < 1.29 is 14.3 Å². The number of nitrogens with zero attached hydrogens (tertiary/aromatic N) is 1. The van der Waals surface area contributed by atoms with Crippen LogP contribution in [0.2, 0.25) is 0 Å². The molecule has 3 unspecified atom stereocenters. The highest BCUT2D eigenvalue weighted by atomic mass is 32.1. The fourth-order valence-electron chi connectivity index (χ4n) is 2.78. The summed E-state index contributed by atoms with van der Waals surface area (Å²) in [5.41, 5.74) is 0. The number of thiol groups is 1. The van der Waals surface area contributed by atoms with Gasteiger partial charge in [0, 0.05) is 27.0 Å². The second kappa shape index (κ2) is 15.6. The molecule has 0 bridgehead atoms. The number of ketones is 1. The molecular formula is C19H40N2O3S. The Labute approximate surface area is 160 Å². The van der Waals surface area contributed by atoms with Crippen molar-refractivity contribution in [1.29, 1.82) is 0 Å². The summed E-state index contributed by atoms with van der Waals surface area (Å²) in [6, 6.07) is -0.465. The maximum absolute atomic E-state index is 12.7. The molecule has 0 aliphatic carbocycles. The van der Waals surface area contributed by atoms with Crippen molar-refractivity contribution in [3.05, 3.63) is 0 Å². The van der Waals surface area contributed by atoms with E-state index in [0.717, 1.165) is 19.3 Å². The van der Waals surface area contributed by atoms with Crippen molar-refractivity contribution in [3.63, 3.8) is 0 Å². The number of hydrogen-bond donors (Lipinski definition) is 2. The highest BCUT2D eigenvalue weighted by Crippen LogP contribution is 2.19. The lowest BCUT2D eigenvalue weighted by molar-refractivity contribution is -0.139. The molecule has 0 heterocycles. The fraction of sp³-hybridized carbons (Fsp3) is 0.895. The maximum atomic E-state index is 12.7. The Morgan fingerprint density at radius 2 is 1.72 bits per heavy atom. The average molecular weight is 377 g/mol. The number of nitrogens with one attached hydrogen (secondary N) is 1. The number of rotatable bonds is 12. The highest BCUT2D eigenvalue weighted by molar-refractivity contribution is 7.78. The van der Waals surface area contributed by atoms with E-state index in [2.05, 4.69) is 24.5 Å². The van der Waals surface area contributed by atoms with E-state index in [1.807, 2.05) is 34.6 Å². The molecule has 1 N–H and O–H groups in total. The van der Waals surface area contributed by atoms with Crippen LogP contribution < -0.4 is 4.72 Å². The topological polar surface area (TPSA) is 58.6 Å². The summed E-state index contributed by atoms with van der Waals surface area (Å²) in [5, 5.41) is 0. The van der Waals surface area contributed by atoms with Crippen LogP contribution in [0.25, 0.3) is 0 Å². The molecule has 0 saturated carbocycles. The summed E-state index contributed by atoms with van der Waals surface area (Å²) in [5.74, 6) is 0.305. The van der Waals surface area contributed by atoms with Crippen molar-refractivity contribution in [2.75, 3.05) is 14.2 Å². The number of methoxy groups -OCH3 is 1. The van der Waals surface area contributed by atoms with Crippen molar-refractivity contribution in [3.8, 4) is 0 Å². The van der Waals surface area contributed by atoms with E-state index in [0.29, 0.717) is 12.8 Å². The molecule has 0 rings (SSSR count). The number of amides is 1. The monoisotopic (exact) mass is 376 g/mol. The van der Waals surface area contributed by atoms with Crippen LogP contribution in [0.15, 0.2) is 0 Å². The van der Waals surface area contributed by atoms with Crippen LogP contribution in [0.4, 0.5) is 0 Å². The Hall–Kier alpha value is -0.590. The number of ether oxygens (including phenoxy) is 1. The summed E-state index contributed by atoms with van der Waals surface area (Å²) in [6.07, 6.45) is 3.20. The van der Waals surface area contributed by atoms with Crippen LogP contribution in [-0.4, -0.2) is 48.9 Å². The lowest BCUT2D eigenvalue weighted by Crippen LogP contribution is -2.53. The van der Waals surface area contributed by atoms with Crippen LogP contribution in [0.5, 0.6) is 0 Å². The van der Waals surface area contributed by atoms with Gasteiger partial charge in [0.2, 0.25) is 5.91 Å². The van der Waals surface area contributed by atoms with Crippen LogP contribution >= 0.6 is 12.8 Å². The first-order chi connectivity index (χ1) is 11.8. The van der Waals surface area contributed by atoms with Gasteiger partial charge in [0.15, 0.2) is 0 Å². The molecule has 5 nitrogen and oxygen atoms in total. The second-order valence-corrected chi connectivity index (χ2v) is 6.68. The van der Waals surface area contributed by atoms with Gasteiger partial charge in [-0.1, -0.05) is 60.8 Å². The van der Waals surface area contributed by atoms with Gasteiger partial charge in [-0.05, 0) is 18.8 Å². The Kier molecular flexibility index (Phi) is 16.7. The zero-order chi connectivity index (χ0) is 20.0. The second-order valence-electron chi connectivity index (χ2n) is 6.42. The zero-order valence-corrected chi connectivity index (χ0v) is 18.4. The van der Waals surface area contributed by atoms with E-state index in [9.17, 15) is 9.59 Å². The van der Waals surface area contributed by atoms with Gasteiger partial charge in [0.05, 0.1) is 18.2 Å². The van der Waals surface area contributed by atoms with Gasteiger partial charge in [-0.3, -0.25) is 14.3 Å². The van der Waals surface area contributed by atoms with Crippen molar-refractivity contribution in [1.82, 2.24) is 9.62 Å². The SMILES string of the molecule is CC.CCCC(=O)CC(OC)C(CCC)N(C)C(=O)C(NS)C(C)C. The summed E-state index contributed by atoms with van der Waals surface area (Å²) >= 11 is 4.08. The van der Waals surface area contributed by atoms with Gasteiger partial charge in [-0.2, -0.15) is 0 Å². The van der Waals surface area contributed by atoms with E-state index in [1.54, 1.807) is 19.1 Å². The Morgan fingerprint density at radius 1 is 1.16 bits per heavy atom. The minimum Gasteiger partial charge on any atom is -0.379 e. The smallest absolute Gasteiger partial charge is 0.240 e. The number of hydrogen-bond acceptors (Lipinski definition) is 5. The van der Waals surface area contributed by atoms with E-state index in [4.69, 9.17) is 4.74 Å².